The number of carboxylic acid groups (broad SMARTS) is 1. The Labute approximate surface area is 140 Å². The van der Waals surface area contributed by atoms with Gasteiger partial charge in [-0.1, -0.05) is 30.3 Å². The van der Waals surface area contributed by atoms with Crippen molar-refractivity contribution in [3.63, 3.8) is 0 Å². The smallest absolute Gasteiger partial charge is 0.311 e. The maximum absolute atomic E-state index is 12.3. The lowest BCUT2D eigenvalue weighted by molar-refractivity contribution is -0.147. The molecule has 1 atom stereocenters. The molecule has 1 amide bonds. The largest absolute Gasteiger partial charge is 0.481 e. The van der Waals surface area contributed by atoms with Crippen LogP contribution in [0.2, 0.25) is 0 Å². The van der Waals surface area contributed by atoms with Gasteiger partial charge in [0.05, 0.1) is 5.41 Å². The molecular formula is C19H21NO4. The lowest BCUT2D eigenvalue weighted by Gasteiger charge is -2.20. The molecule has 1 aromatic heterocycles. The lowest BCUT2D eigenvalue weighted by atomic mass is 9.90. The van der Waals surface area contributed by atoms with Crippen LogP contribution >= 0.6 is 0 Å². The Morgan fingerprint density at radius 1 is 1.21 bits per heavy atom. The fourth-order valence-corrected chi connectivity index (χ4v) is 3.01. The third-order valence-electron chi connectivity index (χ3n) is 4.65. The van der Waals surface area contributed by atoms with Gasteiger partial charge in [-0.25, -0.2) is 0 Å². The van der Waals surface area contributed by atoms with Crippen molar-refractivity contribution >= 4 is 11.9 Å². The van der Waals surface area contributed by atoms with Crippen LogP contribution in [0.5, 0.6) is 0 Å². The number of nitrogens with zero attached hydrogens (tertiary/aromatic N) is 1. The first-order valence-electron chi connectivity index (χ1n) is 8.13. The van der Waals surface area contributed by atoms with Crippen molar-refractivity contribution in [3.8, 4) is 11.3 Å². The fourth-order valence-electron chi connectivity index (χ4n) is 3.01. The minimum atomic E-state index is -0.837. The third-order valence-corrected chi connectivity index (χ3v) is 4.65. The molecule has 1 aliphatic rings. The second kappa shape index (κ2) is 6.51. The van der Waals surface area contributed by atoms with Crippen molar-refractivity contribution in [2.24, 2.45) is 5.41 Å². The Bertz CT molecular complexity index is 737. The van der Waals surface area contributed by atoms with Gasteiger partial charge in [-0.15, -0.1) is 0 Å². The molecule has 5 heteroatoms. The topological polar surface area (TPSA) is 70.8 Å². The van der Waals surface area contributed by atoms with E-state index in [0.717, 1.165) is 17.1 Å². The lowest BCUT2D eigenvalue weighted by Crippen LogP contribution is -2.34. The number of carboxylic acids is 1. The van der Waals surface area contributed by atoms with Crippen LogP contribution in [0.3, 0.4) is 0 Å². The summed E-state index contributed by atoms with van der Waals surface area (Å²) >= 11 is 0. The Morgan fingerprint density at radius 2 is 1.96 bits per heavy atom. The molecule has 1 fully saturated rings. The Balaban J connectivity index is 1.56. The number of carbonyl (C=O) groups is 2. The molecule has 24 heavy (non-hydrogen) atoms. The molecule has 0 spiro atoms. The van der Waals surface area contributed by atoms with E-state index < -0.39 is 11.4 Å². The predicted octanol–water partition coefficient (Wildman–Crippen LogP) is 3.20. The van der Waals surface area contributed by atoms with Crippen LogP contribution in [0, 0.1) is 5.41 Å². The van der Waals surface area contributed by atoms with E-state index in [9.17, 15) is 14.7 Å². The van der Waals surface area contributed by atoms with E-state index in [-0.39, 0.29) is 12.5 Å². The number of benzene rings is 1. The zero-order valence-corrected chi connectivity index (χ0v) is 13.7. The Morgan fingerprint density at radius 3 is 2.62 bits per heavy atom. The van der Waals surface area contributed by atoms with Crippen LogP contribution in [0.15, 0.2) is 46.9 Å². The number of hydrogen-bond acceptors (Lipinski definition) is 3. The molecule has 0 aliphatic carbocycles. The van der Waals surface area contributed by atoms with Crippen molar-refractivity contribution in [2.45, 2.75) is 26.2 Å². The number of aliphatic carboxylic acids is 1. The van der Waals surface area contributed by atoms with Crippen LogP contribution in [-0.4, -0.2) is 35.0 Å². The summed E-state index contributed by atoms with van der Waals surface area (Å²) in [4.78, 5) is 25.2. The van der Waals surface area contributed by atoms with Gasteiger partial charge in [-0.05, 0) is 25.5 Å². The highest BCUT2D eigenvalue weighted by atomic mass is 16.4. The summed E-state index contributed by atoms with van der Waals surface area (Å²) in [5.41, 5.74) is 0.188. The minimum Gasteiger partial charge on any atom is -0.481 e. The molecular weight excluding hydrogens is 306 g/mol. The van der Waals surface area contributed by atoms with Crippen LogP contribution in [-0.2, 0) is 16.0 Å². The molecule has 1 N–H and O–H groups in total. The fraction of sp³-hybridized carbons (Fsp3) is 0.368. The minimum absolute atomic E-state index is 0.0161. The number of amides is 1. The van der Waals surface area contributed by atoms with E-state index in [4.69, 9.17) is 4.42 Å². The average Bonchev–Trinajstić information content (AvgIpc) is 3.21. The third kappa shape index (κ3) is 3.35. The maximum Gasteiger partial charge on any atom is 0.311 e. The molecule has 1 aromatic carbocycles. The molecule has 2 aromatic rings. The van der Waals surface area contributed by atoms with Crippen LogP contribution in [0.4, 0.5) is 0 Å². The normalized spacial score (nSPS) is 20.3. The number of likely N-dealkylation sites (tertiary alicyclic amines) is 1. The number of hydrogen-bond donors (Lipinski definition) is 1. The molecule has 2 heterocycles. The molecule has 5 nitrogen and oxygen atoms in total. The highest BCUT2D eigenvalue weighted by molar-refractivity contribution is 5.80. The average molecular weight is 327 g/mol. The number of rotatable bonds is 5. The summed E-state index contributed by atoms with van der Waals surface area (Å²) in [5.74, 6) is 0.703. The van der Waals surface area contributed by atoms with Crippen molar-refractivity contribution in [1.29, 1.82) is 0 Å². The maximum atomic E-state index is 12.3. The van der Waals surface area contributed by atoms with Gasteiger partial charge in [-0.3, -0.25) is 9.59 Å². The first kappa shape index (κ1) is 16.3. The Hall–Kier alpha value is -2.56. The zero-order valence-electron chi connectivity index (χ0n) is 13.7. The van der Waals surface area contributed by atoms with Crippen molar-refractivity contribution in [1.82, 2.24) is 4.90 Å². The standard InChI is InChI=1S/C19H21NO4/c1-19(18(22)23)11-12-20(13-19)17(21)10-8-15-7-9-16(24-15)14-5-3-2-4-6-14/h2-7,9H,8,10-13H2,1H3,(H,22,23). The van der Waals surface area contributed by atoms with Crippen LogP contribution < -0.4 is 0 Å². The van der Waals surface area contributed by atoms with Gasteiger partial charge < -0.3 is 14.4 Å². The predicted molar refractivity (Wildman–Crippen MR) is 89.4 cm³/mol. The summed E-state index contributed by atoms with van der Waals surface area (Å²) in [6.45, 7) is 2.49. The second-order valence-corrected chi connectivity index (χ2v) is 6.56. The molecule has 3 rings (SSSR count). The first-order valence-corrected chi connectivity index (χ1v) is 8.13. The van der Waals surface area contributed by atoms with Gasteiger partial charge in [0.25, 0.3) is 0 Å². The van der Waals surface area contributed by atoms with Crippen LogP contribution in [0.25, 0.3) is 11.3 Å². The summed E-state index contributed by atoms with van der Waals surface area (Å²) in [6.07, 6.45) is 1.36. The monoisotopic (exact) mass is 327 g/mol. The van der Waals surface area contributed by atoms with Crippen molar-refractivity contribution < 1.29 is 19.1 Å². The highest BCUT2D eigenvalue weighted by Crippen LogP contribution is 2.30. The van der Waals surface area contributed by atoms with E-state index in [0.29, 0.717) is 25.8 Å². The summed E-state index contributed by atoms with van der Waals surface area (Å²) < 4.78 is 5.80. The number of furan rings is 1. The van der Waals surface area contributed by atoms with E-state index >= 15 is 0 Å². The van der Waals surface area contributed by atoms with E-state index in [1.807, 2.05) is 42.5 Å². The molecule has 1 unspecified atom stereocenters. The molecule has 1 saturated heterocycles. The van der Waals surface area contributed by atoms with E-state index in [2.05, 4.69) is 0 Å². The summed E-state index contributed by atoms with van der Waals surface area (Å²) in [5, 5.41) is 9.24. The van der Waals surface area contributed by atoms with Gasteiger partial charge >= 0.3 is 5.97 Å². The van der Waals surface area contributed by atoms with Gasteiger partial charge in [0.15, 0.2) is 0 Å². The van der Waals surface area contributed by atoms with E-state index in [1.165, 1.54) is 0 Å². The quantitative estimate of drug-likeness (QED) is 0.915. The highest BCUT2D eigenvalue weighted by Gasteiger charge is 2.41. The van der Waals surface area contributed by atoms with E-state index in [1.54, 1.807) is 11.8 Å². The first-order chi connectivity index (χ1) is 11.5. The number of aryl methyl sites for hydroxylation is 1. The summed E-state index contributed by atoms with van der Waals surface area (Å²) in [6, 6.07) is 13.6. The summed E-state index contributed by atoms with van der Waals surface area (Å²) in [7, 11) is 0. The van der Waals surface area contributed by atoms with Crippen molar-refractivity contribution in [3.05, 3.63) is 48.2 Å². The second-order valence-electron chi connectivity index (χ2n) is 6.56. The van der Waals surface area contributed by atoms with Gasteiger partial charge in [0.1, 0.15) is 11.5 Å². The van der Waals surface area contributed by atoms with Gasteiger partial charge in [0.2, 0.25) is 5.91 Å². The van der Waals surface area contributed by atoms with Gasteiger partial charge in [0, 0.05) is 31.5 Å². The zero-order chi connectivity index (χ0) is 17.2. The molecule has 0 saturated carbocycles. The van der Waals surface area contributed by atoms with Crippen molar-refractivity contribution in [2.75, 3.05) is 13.1 Å². The molecule has 0 radical (unpaired) electrons. The Kier molecular flexibility index (Phi) is 4.42. The van der Waals surface area contributed by atoms with Gasteiger partial charge in [-0.2, -0.15) is 0 Å². The molecule has 1 aliphatic heterocycles. The number of carbonyl (C=O) groups excluding carboxylic acids is 1. The SMILES string of the molecule is CC1(C(=O)O)CCN(C(=O)CCc2ccc(-c3ccccc3)o2)C1. The molecule has 0 bridgehead atoms. The van der Waals surface area contributed by atoms with Crippen LogP contribution in [0.1, 0.15) is 25.5 Å². The molecule has 126 valence electrons.